The minimum atomic E-state index is 0.0318. The highest BCUT2D eigenvalue weighted by Gasteiger charge is 2.35. The molecule has 1 saturated heterocycles. The van der Waals surface area contributed by atoms with Gasteiger partial charge < -0.3 is 10.2 Å². The van der Waals surface area contributed by atoms with Gasteiger partial charge >= 0.3 is 0 Å². The van der Waals surface area contributed by atoms with Gasteiger partial charge in [-0.25, -0.2) is 0 Å². The van der Waals surface area contributed by atoms with Crippen molar-refractivity contribution in [2.75, 3.05) is 19.6 Å². The molecule has 4 heteroatoms. The van der Waals surface area contributed by atoms with Gasteiger partial charge in [0, 0.05) is 30.1 Å². The smallest absolute Gasteiger partial charge is 0.236 e. The Labute approximate surface area is 118 Å². The number of rotatable bonds is 1. The summed E-state index contributed by atoms with van der Waals surface area (Å²) in [6.45, 7) is 6.84. The van der Waals surface area contributed by atoms with Crippen LogP contribution in [0.2, 0.25) is 0 Å². The third kappa shape index (κ3) is 2.65. The molecule has 0 aliphatic carbocycles. The van der Waals surface area contributed by atoms with Gasteiger partial charge in [-0.05, 0) is 31.9 Å². The number of nitrogens with one attached hydrogen (secondary N) is 1. The van der Waals surface area contributed by atoms with E-state index in [2.05, 4.69) is 37.4 Å². The van der Waals surface area contributed by atoms with Gasteiger partial charge in [0.05, 0.1) is 5.25 Å². The Morgan fingerprint density at radius 3 is 2.95 bits per heavy atom. The van der Waals surface area contributed by atoms with Crippen LogP contribution < -0.4 is 5.32 Å². The molecule has 1 unspecified atom stereocenters. The maximum atomic E-state index is 12.6. The molecule has 0 spiro atoms. The predicted octanol–water partition coefficient (Wildman–Crippen LogP) is 1.91. The maximum Gasteiger partial charge on any atom is 0.236 e. The van der Waals surface area contributed by atoms with Crippen molar-refractivity contribution in [3.8, 4) is 0 Å². The summed E-state index contributed by atoms with van der Waals surface area (Å²) in [7, 11) is 0. The molecule has 3 rings (SSSR count). The first-order valence-corrected chi connectivity index (χ1v) is 7.71. The summed E-state index contributed by atoms with van der Waals surface area (Å²) in [5, 5.41) is 3.53. The molecule has 0 saturated carbocycles. The van der Waals surface area contributed by atoms with Crippen molar-refractivity contribution in [2.45, 2.75) is 36.0 Å². The SMILES string of the molecule is CC1(C)CN(C(=O)C2Cc3ccccc3S2)CCN1. The number of fused-ring (bicyclic) bond motifs is 1. The molecule has 1 aromatic rings. The number of benzene rings is 1. The molecule has 3 nitrogen and oxygen atoms in total. The monoisotopic (exact) mass is 276 g/mol. The topological polar surface area (TPSA) is 32.3 Å². The van der Waals surface area contributed by atoms with Gasteiger partial charge in [0.25, 0.3) is 0 Å². The summed E-state index contributed by atoms with van der Waals surface area (Å²) in [5.74, 6) is 0.302. The quantitative estimate of drug-likeness (QED) is 0.850. The normalized spacial score (nSPS) is 25.2. The van der Waals surface area contributed by atoms with Crippen molar-refractivity contribution in [2.24, 2.45) is 0 Å². The van der Waals surface area contributed by atoms with Crippen molar-refractivity contribution in [3.05, 3.63) is 29.8 Å². The zero-order chi connectivity index (χ0) is 13.5. The van der Waals surface area contributed by atoms with E-state index in [0.29, 0.717) is 5.91 Å². The number of hydrogen-bond donors (Lipinski definition) is 1. The van der Waals surface area contributed by atoms with Crippen LogP contribution in [0.1, 0.15) is 19.4 Å². The van der Waals surface area contributed by atoms with Crippen LogP contribution in [0.3, 0.4) is 0 Å². The summed E-state index contributed by atoms with van der Waals surface area (Å²) in [6, 6.07) is 8.36. The van der Waals surface area contributed by atoms with Gasteiger partial charge in [0.1, 0.15) is 0 Å². The van der Waals surface area contributed by atoms with Crippen molar-refractivity contribution in [3.63, 3.8) is 0 Å². The highest BCUT2D eigenvalue weighted by molar-refractivity contribution is 8.01. The number of nitrogens with zero attached hydrogens (tertiary/aromatic N) is 1. The van der Waals surface area contributed by atoms with E-state index in [1.807, 2.05) is 11.0 Å². The second kappa shape index (κ2) is 4.84. The molecular formula is C15H20N2OS. The molecule has 0 aromatic heterocycles. The lowest BCUT2D eigenvalue weighted by Crippen LogP contribution is -2.59. The Balaban J connectivity index is 1.70. The van der Waals surface area contributed by atoms with E-state index in [9.17, 15) is 4.79 Å². The fourth-order valence-corrected chi connectivity index (χ4v) is 4.13. The van der Waals surface area contributed by atoms with E-state index in [0.717, 1.165) is 26.1 Å². The maximum absolute atomic E-state index is 12.6. The molecule has 0 radical (unpaired) electrons. The van der Waals surface area contributed by atoms with E-state index >= 15 is 0 Å². The summed E-state index contributed by atoms with van der Waals surface area (Å²) >= 11 is 1.73. The minimum Gasteiger partial charge on any atom is -0.339 e. The lowest BCUT2D eigenvalue weighted by Gasteiger charge is -2.40. The van der Waals surface area contributed by atoms with Crippen LogP contribution in [0, 0.1) is 0 Å². The second-order valence-electron chi connectivity index (χ2n) is 5.99. The Hall–Kier alpha value is -1.00. The molecular weight excluding hydrogens is 256 g/mol. The zero-order valence-corrected chi connectivity index (χ0v) is 12.3. The molecule has 2 aliphatic rings. The van der Waals surface area contributed by atoms with Gasteiger partial charge in [0.2, 0.25) is 5.91 Å². The molecule has 1 atom stereocenters. The largest absolute Gasteiger partial charge is 0.339 e. The van der Waals surface area contributed by atoms with E-state index in [4.69, 9.17) is 0 Å². The van der Waals surface area contributed by atoms with Crippen LogP contribution in [0.5, 0.6) is 0 Å². The predicted molar refractivity (Wildman–Crippen MR) is 78.5 cm³/mol. The molecule has 1 amide bonds. The molecule has 102 valence electrons. The molecule has 1 N–H and O–H groups in total. The van der Waals surface area contributed by atoms with E-state index in [1.165, 1.54) is 10.5 Å². The Kier molecular flexibility index (Phi) is 3.31. The molecule has 1 fully saturated rings. The third-order valence-electron chi connectivity index (χ3n) is 3.81. The fourth-order valence-electron chi connectivity index (χ4n) is 2.85. The Morgan fingerprint density at radius 1 is 1.42 bits per heavy atom. The van der Waals surface area contributed by atoms with Gasteiger partial charge in [-0.15, -0.1) is 11.8 Å². The third-order valence-corrected chi connectivity index (χ3v) is 5.11. The number of piperazine rings is 1. The van der Waals surface area contributed by atoms with E-state index in [1.54, 1.807) is 11.8 Å². The van der Waals surface area contributed by atoms with Crippen LogP contribution in [0.25, 0.3) is 0 Å². The Morgan fingerprint density at radius 2 is 2.21 bits per heavy atom. The average molecular weight is 276 g/mol. The number of hydrogen-bond acceptors (Lipinski definition) is 3. The molecule has 19 heavy (non-hydrogen) atoms. The Bertz CT molecular complexity index is 476. The first-order valence-electron chi connectivity index (χ1n) is 6.83. The average Bonchev–Trinajstić information content (AvgIpc) is 2.80. The molecule has 1 aromatic carbocycles. The van der Waals surface area contributed by atoms with E-state index < -0.39 is 0 Å². The minimum absolute atomic E-state index is 0.0318. The highest BCUT2D eigenvalue weighted by Crippen LogP contribution is 2.37. The summed E-state index contributed by atoms with van der Waals surface area (Å²) in [6.07, 6.45) is 0.879. The van der Waals surface area contributed by atoms with Crippen molar-refractivity contribution >= 4 is 17.7 Å². The van der Waals surface area contributed by atoms with Crippen molar-refractivity contribution < 1.29 is 4.79 Å². The number of amides is 1. The van der Waals surface area contributed by atoms with Gasteiger partial charge in [0.15, 0.2) is 0 Å². The number of carbonyl (C=O) groups excluding carboxylic acids is 1. The second-order valence-corrected chi connectivity index (χ2v) is 7.23. The van der Waals surface area contributed by atoms with Gasteiger partial charge in [-0.2, -0.15) is 0 Å². The lowest BCUT2D eigenvalue weighted by atomic mass is 10.0. The number of thioether (sulfide) groups is 1. The number of carbonyl (C=O) groups is 1. The molecule has 2 heterocycles. The molecule has 0 bridgehead atoms. The first kappa shape index (κ1) is 13.0. The van der Waals surface area contributed by atoms with E-state index in [-0.39, 0.29) is 10.8 Å². The van der Waals surface area contributed by atoms with Crippen LogP contribution in [0.4, 0.5) is 0 Å². The zero-order valence-electron chi connectivity index (χ0n) is 11.5. The standard InChI is InChI=1S/C15H20N2OS/c1-15(2)10-17(8-7-16-15)14(18)13-9-11-5-3-4-6-12(11)19-13/h3-6,13,16H,7-10H2,1-2H3. The van der Waals surface area contributed by atoms with Gasteiger partial charge in [-0.1, -0.05) is 18.2 Å². The molecule has 2 aliphatic heterocycles. The van der Waals surface area contributed by atoms with Crippen LogP contribution in [0.15, 0.2) is 29.2 Å². The van der Waals surface area contributed by atoms with Gasteiger partial charge in [-0.3, -0.25) is 4.79 Å². The van der Waals surface area contributed by atoms with Crippen molar-refractivity contribution in [1.29, 1.82) is 0 Å². The lowest BCUT2D eigenvalue weighted by molar-refractivity contribution is -0.132. The highest BCUT2D eigenvalue weighted by atomic mass is 32.2. The van der Waals surface area contributed by atoms with Crippen LogP contribution >= 0.6 is 11.8 Å². The first-order chi connectivity index (χ1) is 9.05. The van der Waals surface area contributed by atoms with Crippen LogP contribution in [-0.4, -0.2) is 41.2 Å². The summed E-state index contributed by atoms with van der Waals surface area (Å²) in [4.78, 5) is 15.9. The van der Waals surface area contributed by atoms with Crippen LogP contribution in [-0.2, 0) is 11.2 Å². The summed E-state index contributed by atoms with van der Waals surface area (Å²) < 4.78 is 0. The summed E-state index contributed by atoms with van der Waals surface area (Å²) in [5.41, 5.74) is 1.35. The fraction of sp³-hybridized carbons (Fsp3) is 0.533. The van der Waals surface area contributed by atoms with Crippen molar-refractivity contribution in [1.82, 2.24) is 10.2 Å².